The number of benzene rings is 1. The Balaban J connectivity index is 1.39. The normalized spacial score (nSPS) is 15.7. The van der Waals surface area contributed by atoms with Gasteiger partial charge in [0.1, 0.15) is 28.8 Å². The monoisotopic (exact) mass is 504 g/mol. The van der Waals surface area contributed by atoms with Crippen LogP contribution in [0.3, 0.4) is 0 Å². The topological polar surface area (TPSA) is 114 Å². The zero-order valence-electron chi connectivity index (χ0n) is 21.8. The summed E-state index contributed by atoms with van der Waals surface area (Å²) in [4.78, 5) is 43.4. The Morgan fingerprint density at radius 2 is 2.05 bits per heavy atom. The van der Waals surface area contributed by atoms with Crippen LogP contribution in [0.5, 0.6) is 0 Å². The van der Waals surface area contributed by atoms with E-state index in [1.54, 1.807) is 45.0 Å². The van der Waals surface area contributed by atoms with Gasteiger partial charge >= 0.3 is 6.09 Å². The molecule has 1 aliphatic heterocycles. The number of carbonyl (C=O) groups excluding carboxylic acids is 3. The van der Waals surface area contributed by atoms with Crippen LogP contribution >= 0.6 is 0 Å². The van der Waals surface area contributed by atoms with Crippen molar-refractivity contribution in [3.05, 3.63) is 65.1 Å². The van der Waals surface area contributed by atoms with Crippen LogP contribution in [-0.4, -0.2) is 46.5 Å². The number of pyridine rings is 1. The number of ether oxygens (including phenoxy) is 1. The quantitative estimate of drug-likeness (QED) is 0.492. The maximum atomic E-state index is 12.7. The van der Waals surface area contributed by atoms with Crippen molar-refractivity contribution < 1.29 is 23.5 Å². The number of alkyl carbamates (subject to hydrolysis) is 1. The molecule has 3 heterocycles. The third-order valence-electron chi connectivity index (χ3n) is 6.06. The number of hydrogen-bond acceptors (Lipinski definition) is 6. The van der Waals surface area contributed by atoms with Gasteiger partial charge in [0, 0.05) is 30.3 Å². The van der Waals surface area contributed by atoms with Crippen LogP contribution in [-0.2, 0) is 27.3 Å². The van der Waals surface area contributed by atoms with Crippen LogP contribution in [0.4, 0.5) is 10.6 Å². The number of carbonyl (C=O) groups is 3. The second-order valence-electron chi connectivity index (χ2n) is 10.2. The number of para-hydroxylation sites is 1. The Labute approximate surface area is 215 Å². The number of furan rings is 1. The fourth-order valence-electron chi connectivity index (χ4n) is 4.11. The summed E-state index contributed by atoms with van der Waals surface area (Å²) in [7, 11) is 1.72. The predicted molar refractivity (Wildman–Crippen MR) is 141 cm³/mol. The number of likely N-dealkylation sites (N-methyl/N-ethyl adjacent to an activating group) is 1. The maximum Gasteiger partial charge on any atom is 0.408 e. The van der Waals surface area contributed by atoms with E-state index < -0.39 is 17.7 Å². The summed E-state index contributed by atoms with van der Waals surface area (Å²) >= 11 is 0. The van der Waals surface area contributed by atoms with Crippen molar-refractivity contribution in [2.45, 2.75) is 58.7 Å². The molecular formula is C28H32N4O5. The van der Waals surface area contributed by atoms with E-state index >= 15 is 0 Å². The summed E-state index contributed by atoms with van der Waals surface area (Å²) in [5.41, 5.74) is 2.72. The van der Waals surface area contributed by atoms with Crippen LogP contribution in [0.1, 0.15) is 49.6 Å². The first-order chi connectivity index (χ1) is 17.5. The summed E-state index contributed by atoms with van der Waals surface area (Å²) in [6, 6.07) is 8.94. The number of hydrogen-bond donors (Lipinski definition) is 2. The number of amides is 3. The van der Waals surface area contributed by atoms with Gasteiger partial charge in [0.25, 0.3) is 0 Å². The van der Waals surface area contributed by atoms with E-state index in [-0.39, 0.29) is 11.8 Å². The molecule has 1 unspecified atom stereocenters. The molecule has 194 valence electrons. The number of nitrogens with one attached hydrogen (secondary N) is 2. The molecular weight excluding hydrogens is 472 g/mol. The van der Waals surface area contributed by atoms with E-state index in [0.29, 0.717) is 25.2 Å². The van der Waals surface area contributed by atoms with E-state index in [1.165, 1.54) is 6.08 Å². The highest BCUT2D eigenvalue weighted by Crippen LogP contribution is 2.26. The van der Waals surface area contributed by atoms with Crippen LogP contribution in [0.15, 0.2) is 47.0 Å². The molecule has 0 saturated heterocycles. The van der Waals surface area contributed by atoms with Crippen LogP contribution < -0.4 is 10.6 Å². The van der Waals surface area contributed by atoms with Gasteiger partial charge in [0.15, 0.2) is 0 Å². The molecule has 9 nitrogen and oxygen atoms in total. The van der Waals surface area contributed by atoms with E-state index in [2.05, 4.69) is 15.6 Å². The number of fused-ring (bicyclic) bond motifs is 2. The highest BCUT2D eigenvalue weighted by molar-refractivity contribution is 5.97. The Morgan fingerprint density at radius 3 is 2.78 bits per heavy atom. The van der Waals surface area contributed by atoms with Crippen LogP contribution in [0.2, 0.25) is 0 Å². The molecule has 1 aromatic carbocycles. The second-order valence-corrected chi connectivity index (χ2v) is 10.2. The predicted octanol–water partition coefficient (Wildman–Crippen LogP) is 4.59. The molecule has 37 heavy (non-hydrogen) atoms. The average molecular weight is 505 g/mol. The third-order valence-corrected chi connectivity index (χ3v) is 6.06. The van der Waals surface area contributed by atoms with E-state index in [0.717, 1.165) is 33.4 Å². The van der Waals surface area contributed by atoms with Gasteiger partial charge in [-0.3, -0.25) is 9.59 Å². The number of rotatable bonds is 5. The summed E-state index contributed by atoms with van der Waals surface area (Å²) in [5.74, 6) is 0.671. The molecule has 9 heteroatoms. The first-order valence-corrected chi connectivity index (χ1v) is 12.2. The van der Waals surface area contributed by atoms with E-state index in [4.69, 9.17) is 9.15 Å². The molecule has 1 atom stereocenters. The molecule has 0 bridgehead atoms. The van der Waals surface area contributed by atoms with Gasteiger partial charge in [-0.25, -0.2) is 9.78 Å². The minimum atomic E-state index is -0.736. The minimum absolute atomic E-state index is 0.176. The molecule has 4 rings (SSSR count). The van der Waals surface area contributed by atoms with Crippen molar-refractivity contribution in [3.8, 4) is 0 Å². The zero-order chi connectivity index (χ0) is 26.7. The summed E-state index contributed by atoms with van der Waals surface area (Å²) in [5, 5.41) is 6.43. The zero-order valence-corrected chi connectivity index (χ0v) is 21.8. The molecule has 0 saturated carbocycles. The summed E-state index contributed by atoms with van der Waals surface area (Å²) in [6.07, 6.45) is 5.04. The molecule has 0 spiro atoms. The van der Waals surface area contributed by atoms with Crippen LogP contribution in [0.25, 0.3) is 17.0 Å². The Hall–Kier alpha value is -4.14. The minimum Gasteiger partial charge on any atom is -0.459 e. The van der Waals surface area contributed by atoms with Gasteiger partial charge in [0.05, 0.1) is 6.54 Å². The fraction of sp³-hybridized carbons (Fsp3) is 0.357. The molecule has 3 amide bonds. The first kappa shape index (κ1) is 25.9. The van der Waals surface area contributed by atoms with Crippen LogP contribution in [0, 0.1) is 6.92 Å². The Kier molecular flexibility index (Phi) is 7.33. The lowest BCUT2D eigenvalue weighted by molar-refractivity contribution is -0.125. The van der Waals surface area contributed by atoms with Gasteiger partial charge in [-0.15, -0.1) is 0 Å². The number of nitrogens with zero attached hydrogens (tertiary/aromatic N) is 2. The van der Waals surface area contributed by atoms with Gasteiger partial charge in [-0.05, 0) is 69.9 Å². The Bertz CT molecular complexity index is 1370. The second kappa shape index (κ2) is 10.5. The lowest BCUT2D eigenvalue weighted by Gasteiger charge is -2.22. The van der Waals surface area contributed by atoms with Crippen molar-refractivity contribution in [1.29, 1.82) is 0 Å². The lowest BCUT2D eigenvalue weighted by atomic mass is 10.1. The molecule has 0 aliphatic carbocycles. The first-order valence-electron chi connectivity index (χ1n) is 12.2. The Morgan fingerprint density at radius 1 is 1.30 bits per heavy atom. The van der Waals surface area contributed by atoms with Crippen molar-refractivity contribution in [2.24, 2.45) is 0 Å². The van der Waals surface area contributed by atoms with Gasteiger partial charge in [-0.2, -0.15) is 0 Å². The highest BCUT2D eigenvalue weighted by atomic mass is 16.6. The number of aryl methyl sites for hydroxylation is 2. The van der Waals surface area contributed by atoms with E-state index in [9.17, 15) is 14.4 Å². The van der Waals surface area contributed by atoms with E-state index in [1.807, 2.05) is 37.3 Å². The molecule has 0 fully saturated rings. The number of anilines is 1. The average Bonchev–Trinajstić information content (AvgIpc) is 3.05. The molecule has 3 aromatic rings. The van der Waals surface area contributed by atoms with Gasteiger partial charge < -0.3 is 24.7 Å². The molecule has 2 N–H and O–H groups in total. The van der Waals surface area contributed by atoms with Crippen molar-refractivity contribution in [2.75, 3.05) is 12.4 Å². The third kappa shape index (κ3) is 6.35. The molecule has 1 aliphatic rings. The fourth-order valence-corrected chi connectivity index (χ4v) is 4.11. The number of aromatic nitrogens is 1. The van der Waals surface area contributed by atoms with Crippen molar-refractivity contribution in [1.82, 2.24) is 15.2 Å². The highest BCUT2D eigenvalue weighted by Gasteiger charge is 2.28. The molecule has 2 aromatic heterocycles. The standard InChI is InChI=1S/C28H32N4O5/c1-17-20-8-6-7-9-22(20)36-23(17)16-32(5)24(33)13-10-18-14-19-11-12-21(26(34)31-25(19)29-15-18)30-27(35)37-28(2,3)4/h6-10,13-15,21H,11-12,16H2,1-5H3,(H,30,35)(H,29,31,34)/b13-10+. The van der Waals surface area contributed by atoms with Gasteiger partial charge in [0.2, 0.25) is 11.8 Å². The summed E-state index contributed by atoms with van der Waals surface area (Å²) < 4.78 is 11.2. The maximum absolute atomic E-state index is 12.7. The van der Waals surface area contributed by atoms with Crippen molar-refractivity contribution in [3.63, 3.8) is 0 Å². The van der Waals surface area contributed by atoms with Crippen molar-refractivity contribution >= 4 is 40.8 Å². The molecule has 0 radical (unpaired) electrons. The smallest absolute Gasteiger partial charge is 0.408 e. The lowest BCUT2D eigenvalue weighted by Crippen LogP contribution is -2.45. The summed E-state index contributed by atoms with van der Waals surface area (Å²) in [6.45, 7) is 7.62. The largest absolute Gasteiger partial charge is 0.459 e. The SMILES string of the molecule is Cc1c(CN(C)C(=O)/C=C/c2cnc3c(c2)CCC(NC(=O)OC(C)(C)C)C(=O)N3)oc2ccccc12. The van der Waals surface area contributed by atoms with Gasteiger partial charge in [-0.1, -0.05) is 18.2 Å².